The Labute approximate surface area is 133 Å². The Bertz CT molecular complexity index is 577. The van der Waals surface area contributed by atoms with E-state index in [9.17, 15) is 19.5 Å². The molecule has 0 amide bonds. The first kappa shape index (κ1) is 18.4. The first-order valence-corrected chi connectivity index (χ1v) is 6.99. The Hall–Kier alpha value is -2.67. The molecule has 0 bridgehead atoms. The molecule has 0 aliphatic heterocycles. The highest BCUT2D eigenvalue weighted by Gasteiger charge is 2.19. The van der Waals surface area contributed by atoms with E-state index in [1.165, 1.54) is 0 Å². The number of carbonyl (C=O) groups is 3. The van der Waals surface area contributed by atoms with Gasteiger partial charge in [0.05, 0.1) is 6.61 Å². The summed E-state index contributed by atoms with van der Waals surface area (Å²) >= 11 is 0. The number of carbonyl (C=O) groups excluding carboxylic acids is 2. The van der Waals surface area contributed by atoms with Crippen LogP contribution in [0.15, 0.2) is 42.0 Å². The summed E-state index contributed by atoms with van der Waals surface area (Å²) in [7, 11) is 0. The summed E-state index contributed by atoms with van der Waals surface area (Å²) in [6.45, 7) is 1.38. The second kappa shape index (κ2) is 9.37. The van der Waals surface area contributed by atoms with Crippen LogP contribution >= 0.6 is 0 Å². The van der Waals surface area contributed by atoms with Crippen molar-refractivity contribution in [3.63, 3.8) is 0 Å². The van der Waals surface area contributed by atoms with Gasteiger partial charge in [0.2, 0.25) is 0 Å². The van der Waals surface area contributed by atoms with Gasteiger partial charge in [0.15, 0.2) is 6.10 Å². The molecule has 0 saturated heterocycles. The molecule has 0 aliphatic carbocycles. The normalized spacial score (nSPS) is 12.3. The van der Waals surface area contributed by atoms with Gasteiger partial charge in [-0.1, -0.05) is 25.1 Å². The van der Waals surface area contributed by atoms with E-state index in [2.05, 4.69) is 0 Å². The minimum Gasteiger partial charge on any atom is -0.478 e. The third kappa shape index (κ3) is 6.75. The average Bonchev–Trinajstić information content (AvgIpc) is 2.53. The van der Waals surface area contributed by atoms with Crippen LogP contribution in [0.5, 0.6) is 5.75 Å². The summed E-state index contributed by atoms with van der Waals surface area (Å²) in [5, 5.41) is 18.3. The van der Waals surface area contributed by atoms with Gasteiger partial charge in [0.1, 0.15) is 5.75 Å². The molecule has 0 fully saturated rings. The van der Waals surface area contributed by atoms with Gasteiger partial charge in [-0.15, -0.1) is 0 Å². The van der Waals surface area contributed by atoms with E-state index in [1.807, 2.05) is 0 Å². The highest BCUT2D eigenvalue weighted by atomic mass is 16.6. The van der Waals surface area contributed by atoms with Gasteiger partial charge >= 0.3 is 17.9 Å². The van der Waals surface area contributed by atoms with Gasteiger partial charge < -0.3 is 19.7 Å². The standard InChI is InChI=1S/C16H18O7/c1-2-11(10-14(18)19)15(20)22-9-8-13(17)16(21)23-12-6-4-3-5-7-12/h3-7,10,13,17H,2,8-9H2,1H3,(H,18,19)/b11-10+. The number of aliphatic hydroxyl groups excluding tert-OH is 1. The number of rotatable bonds is 8. The first-order valence-electron chi connectivity index (χ1n) is 6.99. The number of esters is 2. The molecule has 1 aromatic carbocycles. The predicted molar refractivity (Wildman–Crippen MR) is 79.7 cm³/mol. The highest BCUT2D eigenvalue weighted by Crippen LogP contribution is 2.10. The molecule has 1 rings (SSSR count). The van der Waals surface area contributed by atoms with Crippen LogP contribution in [0.3, 0.4) is 0 Å². The van der Waals surface area contributed by atoms with Crippen molar-refractivity contribution in [3.05, 3.63) is 42.0 Å². The quantitative estimate of drug-likeness (QED) is 0.422. The highest BCUT2D eigenvalue weighted by molar-refractivity contribution is 5.95. The fraction of sp³-hybridized carbons (Fsp3) is 0.312. The molecule has 23 heavy (non-hydrogen) atoms. The Morgan fingerprint density at radius 3 is 2.43 bits per heavy atom. The first-order chi connectivity index (χ1) is 10.9. The lowest BCUT2D eigenvalue weighted by Crippen LogP contribution is -2.27. The monoisotopic (exact) mass is 322 g/mol. The minimum atomic E-state index is -1.45. The molecule has 0 radical (unpaired) electrons. The van der Waals surface area contributed by atoms with E-state index in [0.717, 1.165) is 6.08 Å². The molecule has 124 valence electrons. The van der Waals surface area contributed by atoms with Crippen LogP contribution in [-0.2, 0) is 19.1 Å². The molecule has 2 N–H and O–H groups in total. The summed E-state index contributed by atoms with van der Waals surface area (Å²) in [5.74, 6) is -2.60. The van der Waals surface area contributed by atoms with Crippen molar-refractivity contribution in [1.29, 1.82) is 0 Å². The number of hydrogen-bond donors (Lipinski definition) is 2. The van der Waals surface area contributed by atoms with E-state index in [1.54, 1.807) is 37.3 Å². The molecule has 1 atom stereocenters. The lowest BCUT2D eigenvalue weighted by Gasteiger charge is -2.11. The van der Waals surface area contributed by atoms with Gasteiger partial charge in [-0.2, -0.15) is 0 Å². The Morgan fingerprint density at radius 2 is 1.87 bits per heavy atom. The summed E-state index contributed by atoms with van der Waals surface area (Å²) in [6.07, 6.45) is -0.635. The average molecular weight is 322 g/mol. The number of carboxylic acid groups (broad SMARTS) is 1. The number of carboxylic acids is 1. The van der Waals surface area contributed by atoms with Crippen molar-refractivity contribution in [1.82, 2.24) is 0 Å². The van der Waals surface area contributed by atoms with E-state index in [4.69, 9.17) is 14.6 Å². The number of ether oxygens (including phenoxy) is 2. The minimum absolute atomic E-state index is 0.00106. The van der Waals surface area contributed by atoms with E-state index < -0.39 is 24.0 Å². The van der Waals surface area contributed by atoms with E-state index >= 15 is 0 Å². The fourth-order valence-corrected chi connectivity index (χ4v) is 1.60. The summed E-state index contributed by atoms with van der Waals surface area (Å²) in [4.78, 5) is 33.8. The molecule has 7 nitrogen and oxygen atoms in total. The number of para-hydroxylation sites is 1. The second-order valence-corrected chi connectivity index (χ2v) is 4.54. The largest absolute Gasteiger partial charge is 0.478 e. The molecule has 1 unspecified atom stereocenters. The maximum Gasteiger partial charge on any atom is 0.340 e. The molecule has 1 aromatic rings. The van der Waals surface area contributed by atoms with Gasteiger partial charge in [-0.3, -0.25) is 0 Å². The maximum absolute atomic E-state index is 11.6. The maximum atomic E-state index is 11.6. The van der Waals surface area contributed by atoms with E-state index in [-0.39, 0.29) is 25.0 Å². The number of aliphatic carboxylic acids is 1. The zero-order valence-corrected chi connectivity index (χ0v) is 12.6. The van der Waals surface area contributed by atoms with Crippen LogP contribution in [0.25, 0.3) is 0 Å². The van der Waals surface area contributed by atoms with Crippen LogP contribution in [0, 0.1) is 0 Å². The fourth-order valence-electron chi connectivity index (χ4n) is 1.60. The molecular formula is C16H18O7. The van der Waals surface area contributed by atoms with Crippen LogP contribution in [0.2, 0.25) is 0 Å². The lowest BCUT2D eigenvalue weighted by atomic mass is 10.2. The van der Waals surface area contributed by atoms with Crippen molar-refractivity contribution in [2.75, 3.05) is 6.61 Å². The zero-order chi connectivity index (χ0) is 17.2. The lowest BCUT2D eigenvalue weighted by molar-refractivity contribution is -0.147. The molecule has 0 heterocycles. The van der Waals surface area contributed by atoms with Crippen molar-refractivity contribution in [2.45, 2.75) is 25.9 Å². The van der Waals surface area contributed by atoms with Crippen LogP contribution in [-0.4, -0.2) is 40.8 Å². The van der Waals surface area contributed by atoms with Gasteiger partial charge in [0, 0.05) is 18.1 Å². The summed E-state index contributed by atoms with van der Waals surface area (Å²) < 4.78 is 9.77. The van der Waals surface area contributed by atoms with Gasteiger partial charge in [-0.05, 0) is 18.6 Å². The molecular weight excluding hydrogens is 304 g/mol. The smallest absolute Gasteiger partial charge is 0.340 e. The SMILES string of the molecule is CC/C(=C\C(=O)O)C(=O)OCCC(O)C(=O)Oc1ccccc1. The topological polar surface area (TPSA) is 110 Å². The van der Waals surface area contributed by atoms with Crippen molar-refractivity contribution in [2.24, 2.45) is 0 Å². The third-order valence-electron chi connectivity index (χ3n) is 2.80. The molecule has 0 aromatic heterocycles. The molecule has 0 saturated carbocycles. The van der Waals surface area contributed by atoms with Crippen molar-refractivity contribution >= 4 is 17.9 Å². The van der Waals surface area contributed by atoms with Crippen LogP contribution in [0.4, 0.5) is 0 Å². The summed E-state index contributed by atoms with van der Waals surface area (Å²) in [6, 6.07) is 8.24. The zero-order valence-electron chi connectivity index (χ0n) is 12.6. The number of hydrogen-bond acceptors (Lipinski definition) is 6. The molecule has 0 spiro atoms. The number of benzene rings is 1. The number of aliphatic hydroxyl groups is 1. The summed E-state index contributed by atoms with van der Waals surface area (Å²) in [5.41, 5.74) is -0.00106. The third-order valence-corrected chi connectivity index (χ3v) is 2.80. The molecule has 0 aliphatic rings. The second-order valence-electron chi connectivity index (χ2n) is 4.54. The van der Waals surface area contributed by atoms with Crippen molar-refractivity contribution in [3.8, 4) is 5.75 Å². The Kier molecular flexibility index (Phi) is 7.49. The molecule has 7 heteroatoms. The van der Waals surface area contributed by atoms with Gasteiger partial charge in [0.25, 0.3) is 0 Å². The Morgan fingerprint density at radius 1 is 1.22 bits per heavy atom. The predicted octanol–water partition coefficient (Wildman–Crippen LogP) is 1.31. The van der Waals surface area contributed by atoms with E-state index in [0.29, 0.717) is 5.75 Å². The van der Waals surface area contributed by atoms with Crippen LogP contribution < -0.4 is 4.74 Å². The van der Waals surface area contributed by atoms with Crippen LogP contribution in [0.1, 0.15) is 19.8 Å². The Balaban J connectivity index is 2.41. The van der Waals surface area contributed by atoms with Gasteiger partial charge in [-0.25, -0.2) is 14.4 Å². The van der Waals surface area contributed by atoms with Crippen molar-refractivity contribution < 1.29 is 34.1 Å².